The number of carbonyl (C=O) groups is 1. The normalized spacial score (nSPS) is 29.1. The molecule has 0 radical (unpaired) electrons. The number of para-hydroxylation sites is 1. The second-order valence-corrected chi connectivity index (χ2v) is 8.88. The molecule has 8 nitrogen and oxygen atoms in total. The van der Waals surface area contributed by atoms with Crippen molar-refractivity contribution >= 4 is 38.7 Å². The van der Waals surface area contributed by atoms with E-state index in [-0.39, 0.29) is 24.3 Å². The largest absolute Gasteiger partial charge is 0.375 e. The van der Waals surface area contributed by atoms with Crippen LogP contribution in [0.4, 0.5) is 0 Å². The number of nitrogens with zero attached hydrogens (tertiary/aromatic N) is 3. The van der Waals surface area contributed by atoms with E-state index in [2.05, 4.69) is 38.8 Å². The highest BCUT2D eigenvalue weighted by Gasteiger charge is 2.52. The highest BCUT2D eigenvalue weighted by Crippen LogP contribution is 2.50. The maximum atomic E-state index is 13.0. The first-order chi connectivity index (χ1) is 15.1. The van der Waals surface area contributed by atoms with Crippen molar-refractivity contribution in [2.24, 2.45) is 0 Å². The van der Waals surface area contributed by atoms with Crippen LogP contribution in [0.1, 0.15) is 35.5 Å². The molecule has 0 spiro atoms. The quantitative estimate of drug-likeness (QED) is 0.524. The Kier molecular flexibility index (Phi) is 3.22. The summed E-state index contributed by atoms with van der Waals surface area (Å²) in [4.78, 5) is 17.8. The Morgan fingerprint density at radius 1 is 1.32 bits per heavy atom. The lowest BCUT2D eigenvalue weighted by Gasteiger charge is -2.48. The molecule has 158 valence electrons. The third kappa shape index (κ3) is 1.88. The van der Waals surface area contributed by atoms with Crippen molar-refractivity contribution in [1.82, 2.24) is 24.8 Å². The lowest BCUT2D eigenvalue weighted by Crippen LogP contribution is -2.59. The van der Waals surface area contributed by atoms with Crippen LogP contribution >= 0.6 is 0 Å². The van der Waals surface area contributed by atoms with Crippen LogP contribution in [-0.2, 0) is 21.7 Å². The second-order valence-electron chi connectivity index (χ2n) is 8.88. The Morgan fingerprint density at radius 3 is 2.97 bits per heavy atom. The van der Waals surface area contributed by atoms with E-state index in [4.69, 9.17) is 14.5 Å². The van der Waals surface area contributed by atoms with Gasteiger partial charge in [0.25, 0.3) is 5.91 Å². The van der Waals surface area contributed by atoms with Crippen molar-refractivity contribution in [3.63, 3.8) is 0 Å². The van der Waals surface area contributed by atoms with Crippen LogP contribution in [0.2, 0.25) is 0 Å². The summed E-state index contributed by atoms with van der Waals surface area (Å²) in [7, 11) is 3.71. The fourth-order valence-corrected chi connectivity index (χ4v) is 6.27. The van der Waals surface area contributed by atoms with E-state index in [0.29, 0.717) is 6.54 Å². The molecule has 2 N–H and O–H groups in total. The molecule has 1 amide bonds. The first-order valence-electron chi connectivity index (χ1n) is 10.7. The van der Waals surface area contributed by atoms with Gasteiger partial charge in [-0.1, -0.05) is 18.2 Å². The van der Waals surface area contributed by atoms with E-state index >= 15 is 0 Å². The number of amides is 1. The summed E-state index contributed by atoms with van der Waals surface area (Å²) in [6.07, 6.45) is 2.21. The third-order valence-electron chi connectivity index (χ3n) is 7.49. The van der Waals surface area contributed by atoms with Gasteiger partial charge in [0.2, 0.25) is 0 Å². The minimum Gasteiger partial charge on any atom is -0.375 e. The first kappa shape index (κ1) is 17.7. The zero-order valence-corrected chi connectivity index (χ0v) is 17.6. The number of carbonyl (C=O) groups excluding carboxylic acids is 1. The molecule has 2 aromatic carbocycles. The zero-order valence-electron chi connectivity index (χ0n) is 17.6. The molecule has 1 fully saturated rings. The molecule has 1 saturated heterocycles. The molecule has 3 aliphatic heterocycles. The summed E-state index contributed by atoms with van der Waals surface area (Å²) >= 11 is 0. The summed E-state index contributed by atoms with van der Waals surface area (Å²) < 4.78 is 17.3. The third-order valence-corrected chi connectivity index (χ3v) is 7.49. The SMILES string of the molecule is CNC1CC2OC(C)(C1OC)n1c3ccccc3c3c4c(c5ncn2c5c31)CNC4=O. The minimum atomic E-state index is -0.776. The maximum absolute atomic E-state index is 13.0. The van der Waals surface area contributed by atoms with Gasteiger partial charge in [0.1, 0.15) is 12.3 Å². The van der Waals surface area contributed by atoms with Gasteiger partial charge in [-0.05, 0) is 20.0 Å². The van der Waals surface area contributed by atoms with E-state index in [1.807, 2.05) is 25.5 Å². The van der Waals surface area contributed by atoms with E-state index in [9.17, 15) is 4.79 Å². The standard InChI is InChI=1S/C23H23N5O3/c1-23-21(30-3)13(24-2)8-15(31-23)27-10-26-18-12-9-25-22(29)17(12)16-11-6-4-5-7-14(11)28(23)19(16)20(18)27/h4-7,10,13,15,21,24H,8-9H2,1-3H3,(H,25,29). The van der Waals surface area contributed by atoms with Crippen molar-refractivity contribution in [3.05, 3.63) is 41.7 Å². The molecule has 2 bridgehead atoms. The summed E-state index contributed by atoms with van der Waals surface area (Å²) in [6.45, 7) is 2.60. The number of ether oxygens (including phenoxy) is 2. The number of hydrogen-bond donors (Lipinski definition) is 2. The lowest BCUT2D eigenvalue weighted by atomic mass is 9.93. The van der Waals surface area contributed by atoms with Gasteiger partial charge >= 0.3 is 0 Å². The summed E-state index contributed by atoms with van der Waals surface area (Å²) in [5.41, 5.74) is 4.87. The first-order valence-corrected chi connectivity index (χ1v) is 10.7. The van der Waals surface area contributed by atoms with Crippen LogP contribution in [0.15, 0.2) is 30.6 Å². The zero-order chi connectivity index (χ0) is 21.1. The van der Waals surface area contributed by atoms with Crippen molar-refractivity contribution < 1.29 is 14.3 Å². The Balaban J connectivity index is 1.77. The molecule has 4 aromatic rings. The number of nitrogens with one attached hydrogen (secondary N) is 2. The maximum Gasteiger partial charge on any atom is 0.252 e. The number of benzene rings is 2. The predicted octanol–water partition coefficient (Wildman–Crippen LogP) is 2.60. The number of hydrogen-bond acceptors (Lipinski definition) is 5. The Labute approximate surface area is 178 Å². The molecule has 4 atom stereocenters. The summed E-state index contributed by atoms with van der Waals surface area (Å²) in [6, 6.07) is 8.34. The highest BCUT2D eigenvalue weighted by molar-refractivity contribution is 6.26. The fraction of sp³-hybridized carbons (Fsp3) is 0.391. The van der Waals surface area contributed by atoms with Crippen molar-refractivity contribution in [2.45, 2.75) is 44.0 Å². The molecule has 3 aliphatic rings. The Hall–Kier alpha value is -2.94. The predicted molar refractivity (Wildman–Crippen MR) is 116 cm³/mol. The monoisotopic (exact) mass is 417 g/mol. The van der Waals surface area contributed by atoms with Crippen LogP contribution in [-0.4, -0.2) is 46.3 Å². The molecule has 8 heteroatoms. The number of imidazole rings is 1. The molecule has 7 rings (SSSR count). The molecule has 0 saturated carbocycles. The van der Waals surface area contributed by atoms with Crippen LogP contribution in [0.3, 0.4) is 0 Å². The van der Waals surface area contributed by atoms with Crippen molar-refractivity contribution in [1.29, 1.82) is 0 Å². The molecular formula is C23H23N5O3. The summed E-state index contributed by atoms with van der Waals surface area (Å²) in [5.74, 6) is -0.0379. The van der Waals surface area contributed by atoms with Gasteiger partial charge in [-0.3, -0.25) is 4.79 Å². The highest BCUT2D eigenvalue weighted by atomic mass is 16.6. The van der Waals surface area contributed by atoms with Crippen LogP contribution < -0.4 is 10.6 Å². The average molecular weight is 417 g/mol. The number of methoxy groups -OCH3 is 1. The second kappa shape index (κ2) is 5.64. The van der Waals surface area contributed by atoms with Crippen LogP contribution in [0, 0.1) is 0 Å². The minimum absolute atomic E-state index is 0.0379. The summed E-state index contributed by atoms with van der Waals surface area (Å²) in [5, 5.41) is 8.49. The van der Waals surface area contributed by atoms with Gasteiger partial charge in [0, 0.05) is 42.5 Å². The number of likely N-dealkylation sites (N-methyl/N-ethyl adjacent to an activating group) is 1. The van der Waals surface area contributed by atoms with Crippen LogP contribution in [0.5, 0.6) is 0 Å². The van der Waals surface area contributed by atoms with Gasteiger partial charge in [-0.15, -0.1) is 0 Å². The number of rotatable bonds is 2. The van der Waals surface area contributed by atoms with Gasteiger partial charge < -0.3 is 29.2 Å². The van der Waals surface area contributed by atoms with Gasteiger partial charge in [0.05, 0.1) is 34.0 Å². The van der Waals surface area contributed by atoms with E-state index in [0.717, 1.165) is 50.4 Å². The van der Waals surface area contributed by atoms with Gasteiger partial charge in [-0.2, -0.15) is 0 Å². The van der Waals surface area contributed by atoms with Crippen LogP contribution in [0.25, 0.3) is 32.8 Å². The Morgan fingerprint density at radius 2 is 2.16 bits per heavy atom. The number of fused-ring (bicyclic) bond motifs is 10. The smallest absolute Gasteiger partial charge is 0.252 e. The van der Waals surface area contributed by atoms with Gasteiger partial charge in [-0.25, -0.2) is 4.98 Å². The topological polar surface area (TPSA) is 82.3 Å². The van der Waals surface area contributed by atoms with E-state index < -0.39 is 5.72 Å². The fourth-order valence-electron chi connectivity index (χ4n) is 6.27. The molecule has 31 heavy (non-hydrogen) atoms. The average Bonchev–Trinajstić information content (AvgIpc) is 3.44. The molecule has 2 aromatic heterocycles. The number of aromatic nitrogens is 3. The van der Waals surface area contributed by atoms with Crippen molar-refractivity contribution in [2.75, 3.05) is 14.2 Å². The molecule has 5 heterocycles. The van der Waals surface area contributed by atoms with Gasteiger partial charge in [0.15, 0.2) is 5.72 Å². The molecular weight excluding hydrogens is 394 g/mol. The molecule has 0 aliphatic carbocycles. The van der Waals surface area contributed by atoms with E-state index in [1.54, 1.807) is 7.11 Å². The Bertz CT molecular complexity index is 1440. The van der Waals surface area contributed by atoms with Crippen molar-refractivity contribution in [3.8, 4) is 0 Å². The lowest BCUT2D eigenvalue weighted by molar-refractivity contribution is -0.257. The van der Waals surface area contributed by atoms with E-state index in [1.165, 1.54) is 0 Å². The molecule has 4 unspecified atom stereocenters.